The Morgan fingerprint density at radius 1 is 1.15 bits per heavy atom. The van der Waals surface area contributed by atoms with E-state index in [1.54, 1.807) is 0 Å². The molecule has 1 aliphatic rings. The minimum absolute atomic E-state index is 0.0138. The molecule has 1 atom stereocenters. The number of nitrogens with zero attached hydrogens (tertiary/aromatic N) is 1. The fourth-order valence-corrected chi connectivity index (χ4v) is 4.23. The Kier molecular flexibility index (Phi) is 7.24. The van der Waals surface area contributed by atoms with Crippen molar-refractivity contribution in [2.45, 2.75) is 19.4 Å². The van der Waals surface area contributed by atoms with E-state index in [0.717, 1.165) is 53.9 Å². The lowest BCUT2D eigenvalue weighted by Crippen LogP contribution is -2.33. The Labute approximate surface area is 173 Å². The van der Waals surface area contributed by atoms with Gasteiger partial charge in [-0.05, 0) is 49.7 Å². The van der Waals surface area contributed by atoms with Crippen molar-refractivity contribution in [3.05, 3.63) is 62.0 Å². The molecule has 0 aromatic heterocycles. The third kappa shape index (κ3) is 4.55. The standard InChI is InChI=1S/C20H23BrCl2N2O/c1-2-26-18-8-7-14(21)13-16(18)20(25-11-4-9-24-10-12-25)15-5-3-6-17(22)19(15)23/h3,5-8,13,20,24H,2,4,9-12H2,1H3. The summed E-state index contributed by atoms with van der Waals surface area (Å²) in [6, 6.07) is 12.0. The third-order valence-corrected chi connectivity index (χ3v) is 5.91. The van der Waals surface area contributed by atoms with Crippen LogP contribution in [0.4, 0.5) is 0 Å². The van der Waals surface area contributed by atoms with E-state index in [0.29, 0.717) is 16.7 Å². The smallest absolute Gasteiger partial charge is 0.124 e. The molecule has 1 aliphatic heterocycles. The summed E-state index contributed by atoms with van der Waals surface area (Å²) in [5.74, 6) is 0.883. The number of hydrogen-bond acceptors (Lipinski definition) is 3. The maximum atomic E-state index is 6.64. The van der Waals surface area contributed by atoms with Gasteiger partial charge in [0.25, 0.3) is 0 Å². The Bertz CT molecular complexity index is 749. The maximum Gasteiger partial charge on any atom is 0.124 e. The second-order valence-corrected chi connectivity index (χ2v) is 8.00. The molecule has 26 heavy (non-hydrogen) atoms. The van der Waals surface area contributed by atoms with Crippen LogP contribution in [0.3, 0.4) is 0 Å². The number of rotatable bonds is 5. The molecule has 1 heterocycles. The van der Waals surface area contributed by atoms with E-state index in [1.807, 2.05) is 31.2 Å². The summed E-state index contributed by atoms with van der Waals surface area (Å²) in [6.07, 6.45) is 1.09. The second kappa shape index (κ2) is 9.43. The molecule has 0 spiro atoms. The molecule has 140 valence electrons. The lowest BCUT2D eigenvalue weighted by molar-refractivity contribution is 0.233. The molecular formula is C20H23BrCl2N2O. The predicted octanol–water partition coefficient (Wildman–Crippen LogP) is 5.54. The van der Waals surface area contributed by atoms with Crippen molar-refractivity contribution in [3.8, 4) is 5.75 Å². The molecule has 2 aromatic rings. The molecule has 1 unspecified atom stereocenters. The van der Waals surface area contributed by atoms with Crippen LogP contribution >= 0.6 is 39.1 Å². The van der Waals surface area contributed by atoms with E-state index in [2.05, 4.69) is 38.3 Å². The van der Waals surface area contributed by atoms with Crippen molar-refractivity contribution < 1.29 is 4.74 Å². The van der Waals surface area contributed by atoms with Crippen LogP contribution in [0.25, 0.3) is 0 Å². The molecule has 6 heteroatoms. The highest BCUT2D eigenvalue weighted by atomic mass is 79.9. The van der Waals surface area contributed by atoms with Gasteiger partial charge in [0, 0.05) is 29.7 Å². The van der Waals surface area contributed by atoms with Gasteiger partial charge in [0.15, 0.2) is 0 Å². The SMILES string of the molecule is CCOc1ccc(Br)cc1C(c1cccc(Cl)c1Cl)N1CCCNCC1. The molecule has 0 saturated carbocycles. The zero-order valence-corrected chi connectivity index (χ0v) is 17.9. The normalized spacial score (nSPS) is 16.9. The van der Waals surface area contributed by atoms with Gasteiger partial charge in [0.2, 0.25) is 0 Å². The molecule has 1 N–H and O–H groups in total. The maximum absolute atomic E-state index is 6.64. The first-order valence-corrected chi connectivity index (χ1v) is 10.5. The van der Waals surface area contributed by atoms with Crippen molar-refractivity contribution in [1.82, 2.24) is 10.2 Å². The van der Waals surface area contributed by atoms with E-state index in [-0.39, 0.29) is 6.04 Å². The van der Waals surface area contributed by atoms with E-state index in [4.69, 9.17) is 27.9 Å². The van der Waals surface area contributed by atoms with E-state index < -0.39 is 0 Å². The summed E-state index contributed by atoms with van der Waals surface area (Å²) in [6.45, 7) is 6.52. The van der Waals surface area contributed by atoms with Gasteiger partial charge in [-0.1, -0.05) is 51.3 Å². The van der Waals surface area contributed by atoms with Crippen LogP contribution in [-0.2, 0) is 0 Å². The molecule has 0 amide bonds. The van der Waals surface area contributed by atoms with E-state index in [1.165, 1.54) is 0 Å². The fourth-order valence-electron chi connectivity index (χ4n) is 3.44. The molecule has 1 saturated heterocycles. The predicted molar refractivity (Wildman–Crippen MR) is 113 cm³/mol. The number of ether oxygens (including phenoxy) is 1. The number of hydrogen-bond donors (Lipinski definition) is 1. The molecule has 3 rings (SSSR count). The van der Waals surface area contributed by atoms with E-state index >= 15 is 0 Å². The lowest BCUT2D eigenvalue weighted by atomic mass is 9.95. The number of nitrogens with one attached hydrogen (secondary N) is 1. The van der Waals surface area contributed by atoms with Crippen LogP contribution in [0.1, 0.15) is 30.5 Å². The van der Waals surface area contributed by atoms with Crippen molar-refractivity contribution in [3.63, 3.8) is 0 Å². The van der Waals surface area contributed by atoms with Gasteiger partial charge in [0.1, 0.15) is 5.75 Å². The van der Waals surface area contributed by atoms with Crippen LogP contribution in [0, 0.1) is 0 Å². The Hall–Kier alpha value is -0.780. The molecule has 1 fully saturated rings. The van der Waals surface area contributed by atoms with E-state index in [9.17, 15) is 0 Å². The van der Waals surface area contributed by atoms with Crippen LogP contribution in [0.15, 0.2) is 40.9 Å². The monoisotopic (exact) mass is 456 g/mol. The summed E-state index contributed by atoms with van der Waals surface area (Å²) in [5, 5.41) is 4.66. The summed E-state index contributed by atoms with van der Waals surface area (Å²) >= 11 is 16.6. The van der Waals surface area contributed by atoms with Gasteiger partial charge in [-0.2, -0.15) is 0 Å². The first kappa shape index (κ1) is 20.0. The van der Waals surface area contributed by atoms with Crippen LogP contribution in [0.2, 0.25) is 10.0 Å². The average Bonchev–Trinajstić information content (AvgIpc) is 2.90. The van der Waals surface area contributed by atoms with Gasteiger partial charge in [-0.15, -0.1) is 0 Å². The summed E-state index contributed by atoms with van der Waals surface area (Å²) in [4.78, 5) is 2.46. The average molecular weight is 458 g/mol. The quantitative estimate of drug-likeness (QED) is 0.637. The largest absolute Gasteiger partial charge is 0.494 e. The first-order chi connectivity index (χ1) is 12.6. The van der Waals surface area contributed by atoms with Gasteiger partial charge in [0.05, 0.1) is 22.7 Å². The highest BCUT2D eigenvalue weighted by molar-refractivity contribution is 9.10. The molecule has 0 aliphatic carbocycles. The molecule has 2 aromatic carbocycles. The second-order valence-electron chi connectivity index (χ2n) is 6.30. The minimum atomic E-state index is -0.0138. The van der Waals surface area contributed by atoms with Crippen molar-refractivity contribution >= 4 is 39.1 Å². The number of benzene rings is 2. The zero-order valence-electron chi connectivity index (χ0n) is 14.8. The number of halogens is 3. The Morgan fingerprint density at radius 2 is 2.00 bits per heavy atom. The minimum Gasteiger partial charge on any atom is -0.494 e. The van der Waals surface area contributed by atoms with Crippen molar-refractivity contribution in [2.24, 2.45) is 0 Å². The van der Waals surface area contributed by atoms with Crippen LogP contribution in [-0.4, -0.2) is 37.7 Å². The van der Waals surface area contributed by atoms with Gasteiger partial charge in [-0.3, -0.25) is 4.90 Å². The first-order valence-electron chi connectivity index (χ1n) is 8.92. The van der Waals surface area contributed by atoms with Crippen LogP contribution < -0.4 is 10.1 Å². The lowest BCUT2D eigenvalue weighted by Gasteiger charge is -2.33. The van der Waals surface area contributed by atoms with Crippen molar-refractivity contribution in [2.75, 3.05) is 32.8 Å². The van der Waals surface area contributed by atoms with Gasteiger partial charge in [-0.25, -0.2) is 0 Å². The molecular weight excluding hydrogens is 435 g/mol. The van der Waals surface area contributed by atoms with Gasteiger partial charge < -0.3 is 10.1 Å². The highest BCUT2D eigenvalue weighted by Gasteiger charge is 2.28. The van der Waals surface area contributed by atoms with Crippen LogP contribution in [0.5, 0.6) is 5.75 Å². The zero-order chi connectivity index (χ0) is 18.5. The van der Waals surface area contributed by atoms with Gasteiger partial charge >= 0.3 is 0 Å². The summed E-state index contributed by atoms with van der Waals surface area (Å²) < 4.78 is 6.97. The Balaban J connectivity index is 2.14. The highest BCUT2D eigenvalue weighted by Crippen LogP contribution is 2.41. The molecule has 0 radical (unpaired) electrons. The molecule has 0 bridgehead atoms. The topological polar surface area (TPSA) is 24.5 Å². The summed E-state index contributed by atoms with van der Waals surface area (Å²) in [7, 11) is 0. The third-order valence-electron chi connectivity index (χ3n) is 4.58. The fraction of sp³-hybridized carbons (Fsp3) is 0.400. The summed E-state index contributed by atoms with van der Waals surface area (Å²) in [5.41, 5.74) is 2.12. The Morgan fingerprint density at radius 3 is 2.81 bits per heavy atom. The van der Waals surface area contributed by atoms with Crippen molar-refractivity contribution in [1.29, 1.82) is 0 Å². The molecule has 3 nitrogen and oxygen atoms in total.